The molecule has 0 saturated carbocycles. The summed E-state index contributed by atoms with van der Waals surface area (Å²) in [5.41, 5.74) is 4.87. The third-order valence-corrected chi connectivity index (χ3v) is 5.04. The Morgan fingerprint density at radius 1 is 1.04 bits per heavy atom. The molecule has 126 valence electrons. The van der Waals surface area contributed by atoms with Crippen LogP contribution in [-0.4, -0.2) is 19.0 Å². The summed E-state index contributed by atoms with van der Waals surface area (Å²) in [6, 6.07) is 16.7. The average Bonchev–Trinajstić information content (AvgIpc) is 2.83. The summed E-state index contributed by atoms with van der Waals surface area (Å²) < 4.78 is 0. The SMILES string of the molecule is Cl.O=C(C1CCCc2ccccc21)N1CCNCc2ccccc21. The van der Waals surface area contributed by atoms with E-state index in [0.29, 0.717) is 0 Å². The van der Waals surface area contributed by atoms with Crippen LogP contribution in [0, 0.1) is 0 Å². The highest BCUT2D eigenvalue weighted by Gasteiger charge is 2.31. The van der Waals surface area contributed by atoms with Gasteiger partial charge in [0.05, 0.1) is 5.92 Å². The van der Waals surface area contributed by atoms with Gasteiger partial charge in [-0.2, -0.15) is 0 Å². The fraction of sp³-hybridized carbons (Fsp3) is 0.350. The van der Waals surface area contributed by atoms with Crippen molar-refractivity contribution in [2.45, 2.75) is 31.7 Å². The zero-order valence-electron chi connectivity index (χ0n) is 13.7. The van der Waals surface area contributed by atoms with Crippen LogP contribution in [0.5, 0.6) is 0 Å². The number of benzene rings is 2. The fourth-order valence-corrected chi connectivity index (χ4v) is 3.89. The maximum Gasteiger partial charge on any atom is 0.234 e. The van der Waals surface area contributed by atoms with Gasteiger partial charge in [-0.1, -0.05) is 42.5 Å². The second-order valence-corrected chi connectivity index (χ2v) is 6.44. The molecule has 0 spiro atoms. The van der Waals surface area contributed by atoms with Crippen LogP contribution in [0.2, 0.25) is 0 Å². The number of carbonyl (C=O) groups is 1. The quantitative estimate of drug-likeness (QED) is 0.857. The Morgan fingerprint density at radius 3 is 2.67 bits per heavy atom. The number of anilines is 1. The lowest BCUT2D eigenvalue weighted by Gasteiger charge is -2.31. The number of hydrogen-bond acceptors (Lipinski definition) is 2. The number of halogens is 1. The number of nitrogens with one attached hydrogen (secondary N) is 1. The number of fused-ring (bicyclic) bond motifs is 2. The fourth-order valence-electron chi connectivity index (χ4n) is 3.89. The van der Waals surface area contributed by atoms with Crippen molar-refractivity contribution in [3.8, 4) is 0 Å². The van der Waals surface area contributed by atoms with E-state index in [-0.39, 0.29) is 24.2 Å². The largest absolute Gasteiger partial charge is 0.311 e. The van der Waals surface area contributed by atoms with Crippen molar-refractivity contribution in [3.63, 3.8) is 0 Å². The van der Waals surface area contributed by atoms with Gasteiger partial charge in [-0.3, -0.25) is 4.79 Å². The van der Waals surface area contributed by atoms with E-state index >= 15 is 0 Å². The summed E-state index contributed by atoms with van der Waals surface area (Å²) >= 11 is 0. The highest BCUT2D eigenvalue weighted by atomic mass is 35.5. The van der Waals surface area contributed by atoms with E-state index in [2.05, 4.69) is 41.7 Å². The summed E-state index contributed by atoms with van der Waals surface area (Å²) in [6.45, 7) is 2.42. The normalized spacial score (nSPS) is 19.5. The summed E-state index contributed by atoms with van der Waals surface area (Å²) in [7, 11) is 0. The standard InChI is InChI=1S/C20H22N2O.ClH/c23-20(18-10-5-8-15-6-1-3-9-17(15)18)22-13-12-21-14-16-7-2-4-11-19(16)22;/h1-4,6-7,9,11,18,21H,5,8,10,12-14H2;1H. The molecule has 1 N–H and O–H groups in total. The van der Waals surface area contributed by atoms with E-state index in [1.54, 1.807) is 0 Å². The van der Waals surface area contributed by atoms with Gasteiger partial charge in [-0.25, -0.2) is 0 Å². The Kier molecular flexibility index (Phi) is 5.22. The zero-order chi connectivity index (χ0) is 15.6. The molecule has 1 aliphatic heterocycles. The number of carbonyl (C=O) groups excluding carboxylic acids is 1. The van der Waals surface area contributed by atoms with Gasteiger partial charge in [0.25, 0.3) is 0 Å². The van der Waals surface area contributed by atoms with Crippen molar-refractivity contribution < 1.29 is 4.79 Å². The number of nitrogens with zero attached hydrogens (tertiary/aromatic N) is 1. The highest BCUT2D eigenvalue weighted by molar-refractivity contribution is 5.99. The van der Waals surface area contributed by atoms with Crippen molar-refractivity contribution in [3.05, 3.63) is 65.2 Å². The molecule has 24 heavy (non-hydrogen) atoms. The Hall–Kier alpha value is -1.84. The van der Waals surface area contributed by atoms with Gasteiger partial charge in [0, 0.05) is 25.3 Å². The number of hydrogen-bond donors (Lipinski definition) is 1. The minimum absolute atomic E-state index is 0. The third-order valence-electron chi connectivity index (χ3n) is 5.04. The van der Waals surface area contributed by atoms with Crippen molar-refractivity contribution in [2.75, 3.05) is 18.0 Å². The lowest BCUT2D eigenvalue weighted by molar-refractivity contribution is -0.120. The van der Waals surface area contributed by atoms with Crippen LogP contribution in [0.3, 0.4) is 0 Å². The Bertz CT molecular complexity index is 731. The highest BCUT2D eigenvalue weighted by Crippen LogP contribution is 2.35. The van der Waals surface area contributed by atoms with Gasteiger partial charge >= 0.3 is 0 Å². The number of amides is 1. The molecule has 0 fully saturated rings. The Balaban J connectivity index is 0.00000169. The summed E-state index contributed by atoms with van der Waals surface area (Å²) in [4.78, 5) is 15.3. The molecule has 2 aliphatic rings. The van der Waals surface area contributed by atoms with Gasteiger partial charge in [-0.15, -0.1) is 12.4 Å². The van der Waals surface area contributed by atoms with Crippen molar-refractivity contribution >= 4 is 24.0 Å². The first kappa shape index (κ1) is 17.0. The molecular formula is C20H23ClN2O. The second-order valence-electron chi connectivity index (χ2n) is 6.44. The molecule has 2 aromatic carbocycles. The van der Waals surface area contributed by atoms with Crippen LogP contribution in [0.25, 0.3) is 0 Å². The molecule has 4 rings (SSSR count). The molecule has 0 aromatic heterocycles. The van der Waals surface area contributed by atoms with E-state index in [1.165, 1.54) is 16.7 Å². The minimum Gasteiger partial charge on any atom is -0.311 e. The lowest BCUT2D eigenvalue weighted by atomic mass is 9.82. The molecule has 1 amide bonds. The first-order valence-electron chi connectivity index (χ1n) is 8.52. The summed E-state index contributed by atoms with van der Waals surface area (Å²) in [6.07, 6.45) is 3.15. The molecule has 3 nitrogen and oxygen atoms in total. The average molecular weight is 343 g/mol. The van der Waals surface area contributed by atoms with Crippen LogP contribution in [0.1, 0.15) is 35.4 Å². The van der Waals surface area contributed by atoms with E-state index in [9.17, 15) is 4.79 Å². The van der Waals surface area contributed by atoms with Gasteiger partial charge in [-0.05, 0) is 42.0 Å². The van der Waals surface area contributed by atoms with E-state index in [4.69, 9.17) is 0 Å². The van der Waals surface area contributed by atoms with E-state index in [1.807, 2.05) is 17.0 Å². The summed E-state index contributed by atoms with van der Waals surface area (Å²) in [5.74, 6) is 0.263. The first-order valence-corrected chi connectivity index (χ1v) is 8.52. The van der Waals surface area contributed by atoms with Crippen LogP contribution in [-0.2, 0) is 17.8 Å². The minimum atomic E-state index is 0. The number of para-hydroxylation sites is 1. The van der Waals surface area contributed by atoms with Crippen LogP contribution in [0.4, 0.5) is 5.69 Å². The van der Waals surface area contributed by atoms with Gasteiger partial charge in [0.2, 0.25) is 5.91 Å². The monoisotopic (exact) mass is 342 g/mol. The maximum atomic E-state index is 13.3. The topological polar surface area (TPSA) is 32.3 Å². The predicted octanol–water partition coefficient (Wildman–Crippen LogP) is 3.66. The Labute approximate surface area is 149 Å². The lowest BCUT2D eigenvalue weighted by Crippen LogP contribution is -2.39. The molecular weight excluding hydrogens is 320 g/mol. The second kappa shape index (κ2) is 7.37. The first-order chi connectivity index (χ1) is 11.3. The third kappa shape index (κ3) is 3.06. The van der Waals surface area contributed by atoms with Crippen LogP contribution in [0.15, 0.2) is 48.5 Å². The van der Waals surface area contributed by atoms with Crippen molar-refractivity contribution in [1.29, 1.82) is 0 Å². The van der Waals surface area contributed by atoms with E-state index in [0.717, 1.165) is 44.6 Å². The Morgan fingerprint density at radius 2 is 1.79 bits per heavy atom. The molecule has 0 bridgehead atoms. The molecule has 4 heteroatoms. The van der Waals surface area contributed by atoms with Crippen LogP contribution < -0.4 is 10.2 Å². The molecule has 1 atom stereocenters. The van der Waals surface area contributed by atoms with Crippen LogP contribution >= 0.6 is 12.4 Å². The molecule has 1 heterocycles. The molecule has 1 aliphatic carbocycles. The molecule has 2 aromatic rings. The van der Waals surface area contributed by atoms with Gasteiger partial charge < -0.3 is 10.2 Å². The molecule has 0 radical (unpaired) electrons. The summed E-state index contributed by atoms with van der Waals surface area (Å²) in [5, 5.41) is 3.42. The van der Waals surface area contributed by atoms with Crippen molar-refractivity contribution in [1.82, 2.24) is 5.32 Å². The van der Waals surface area contributed by atoms with Gasteiger partial charge in [0.1, 0.15) is 0 Å². The zero-order valence-corrected chi connectivity index (χ0v) is 14.5. The maximum absolute atomic E-state index is 13.3. The van der Waals surface area contributed by atoms with Crippen molar-refractivity contribution in [2.24, 2.45) is 0 Å². The molecule has 0 saturated heterocycles. The smallest absolute Gasteiger partial charge is 0.234 e. The number of aryl methyl sites for hydroxylation is 1. The number of rotatable bonds is 1. The molecule has 1 unspecified atom stereocenters. The van der Waals surface area contributed by atoms with Gasteiger partial charge in [0.15, 0.2) is 0 Å². The van der Waals surface area contributed by atoms with E-state index < -0.39 is 0 Å². The predicted molar refractivity (Wildman–Crippen MR) is 99.9 cm³/mol.